The molecule has 0 aromatic heterocycles. The highest BCUT2D eigenvalue weighted by Crippen LogP contribution is 2.46. The Kier molecular flexibility index (Phi) is 4.24. The van der Waals surface area contributed by atoms with Crippen LogP contribution in [0.5, 0.6) is 0 Å². The average molecular weight is 360 g/mol. The van der Waals surface area contributed by atoms with E-state index in [-0.39, 0.29) is 24.4 Å². The van der Waals surface area contributed by atoms with E-state index < -0.39 is 0 Å². The van der Waals surface area contributed by atoms with Crippen molar-refractivity contribution in [2.45, 2.75) is 37.3 Å². The van der Waals surface area contributed by atoms with E-state index in [9.17, 15) is 0 Å². The predicted octanol–water partition coefficient (Wildman–Crippen LogP) is 4.72. The number of hydrogen-bond donors (Lipinski definition) is 0. The van der Waals surface area contributed by atoms with Gasteiger partial charge in [-0.25, -0.2) is 0 Å². The Balaban J connectivity index is 1.64. The minimum absolute atomic E-state index is 0.108. The molecule has 4 unspecified atom stereocenters. The van der Waals surface area contributed by atoms with Gasteiger partial charge in [-0.05, 0) is 46.2 Å². The second-order valence-electron chi connectivity index (χ2n) is 7.55. The largest absolute Gasteiger partial charge is 0.376 e. The quantitative estimate of drug-likeness (QED) is 0.584. The molecule has 0 radical (unpaired) electrons. The first-order valence-electron chi connectivity index (χ1n) is 9.65. The van der Waals surface area contributed by atoms with Crippen LogP contribution in [-0.2, 0) is 27.1 Å². The van der Waals surface area contributed by atoms with Gasteiger partial charge in [-0.2, -0.15) is 0 Å². The van der Waals surface area contributed by atoms with E-state index in [0.717, 1.165) is 12.8 Å². The lowest BCUT2D eigenvalue weighted by molar-refractivity contribution is 0.102. The molecule has 4 aliphatic rings. The molecule has 3 heteroatoms. The van der Waals surface area contributed by atoms with Crippen LogP contribution >= 0.6 is 0 Å². The van der Waals surface area contributed by atoms with Crippen molar-refractivity contribution in [1.29, 1.82) is 0 Å². The van der Waals surface area contributed by atoms with Crippen molar-refractivity contribution in [3.8, 4) is 11.1 Å². The second-order valence-corrected chi connectivity index (χ2v) is 7.55. The molecule has 4 aliphatic heterocycles. The van der Waals surface area contributed by atoms with Gasteiger partial charge in [0.2, 0.25) is 0 Å². The van der Waals surface area contributed by atoms with Crippen molar-refractivity contribution < 1.29 is 14.2 Å². The highest BCUT2D eigenvalue weighted by atomic mass is 16.6. The topological polar surface area (TPSA) is 34.3 Å². The van der Waals surface area contributed by atoms with Gasteiger partial charge >= 0.3 is 0 Å². The van der Waals surface area contributed by atoms with Crippen LogP contribution in [0.1, 0.15) is 34.5 Å². The molecule has 138 valence electrons. The summed E-state index contributed by atoms with van der Waals surface area (Å²) in [5.74, 6) is 0. The lowest BCUT2D eigenvalue weighted by atomic mass is 9.90. The summed E-state index contributed by atoms with van der Waals surface area (Å²) in [6.45, 7) is 9.06. The van der Waals surface area contributed by atoms with E-state index in [2.05, 4.69) is 49.6 Å². The van der Waals surface area contributed by atoms with Gasteiger partial charge in [0, 0.05) is 0 Å². The highest BCUT2D eigenvalue weighted by molar-refractivity contribution is 5.71. The first kappa shape index (κ1) is 16.9. The van der Waals surface area contributed by atoms with Crippen molar-refractivity contribution >= 4 is 0 Å². The Hall–Kier alpha value is -2.20. The maximum Gasteiger partial charge on any atom is 0.112 e. The molecule has 0 spiro atoms. The number of epoxide rings is 2. The fraction of sp³-hybridized carbons (Fsp3) is 0.333. The SMILES string of the molecule is C=CCc1ccc2c(c1)-c1ccc(c(CC=C)c1)C1OC1COCC1OC21. The molecule has 2 aromatic rings. The number of ether oxygens (including phenoxy) is 3. The van der Waals surface area contributed by atoms with Crippen LogP contribution in [0.3, 0.4) is 0 Å². The fourth-order valence-electron chi connectivity index (χ4n) is 4.17. The van der Waals surface area contributed by atoms with Crippen LogP contribution < -0.4 is 0 Å². The summed E-state index contributed by atoms with van der Waals surface area (Å²) in [7, 11) is 0. The zero-order chi connectivity index (χ0) is 18.4. The molecule has 2 aromatic carbocycles. The first-order chi connectivity index (χ1) is 13.3. The Morgan fingerprint density at radius 3 is 2.30 bits per heavy atom. The van der Waals surface area contributed by atoms with E-state index >= 15 is 0 Å². The Labute approximate surface area is 160 Å². The molecule has 2 fully saturated rings. The third kappa shape index (κ3) is 3.16. The lowest BCUT2D eigenvalue weighted by Crippen LogP contribution is -2.08. The van der Waals surface area contributed by atoms with E-state index in [4.69, 9.17) is 14.2 Å². The number of allylic oxidation sites excluding steroid dienone is 2. The summed E-state index contributed by atoms with van der Waals surface area (Å²) in [4.78, 5) is 0. The van der Waals surface area contributed by atoms with Crippen molar-refractivity contribution in [3.63, 3.8) is 0 Å². The standard InChI is InChI=1S/C24H24O3/c1-3-5-15-7-9-19-20(11-15)17-8-10-18(16(12-17)6-4-2)23-21(26-23)13-25-14-22-24(19)27-22/h3-4,7-12,21-24H,1-2,5-6,13-14H2. The zero-order valence-electron chi connectivity index (χ0n) is 15.4. The lowest BCUT2D eigenvalue weighted by Gasteiger charge is -2.14. The van der Waals surface area contributed by atoms with Crippen LogP contribution in [-0.4, -0.2) is 25.4 Å². The summed E-state index contributed by atoms with van der Waals surface area (Å²) >= 11 is 0. The normalized spacial score (nSPS) is 27.9. The van der Waals surface area contributed by atoms with E-state index in [0.29, 0.717) is 13.2 Å². The average Bonchev–Trinajstić information content (AvgIpc) is 3.59. The molecule has 0 aliphatic carbocycles. The number of fused-ring (bicyclic) bond motifs is 4. The Morgan fingerprint density at radius 1 is 0.852 bits per heavy atom. The van der Waals surface area contributed by atoms with Gasteiger partial charge < -0.3 is 14.2 Å². The molecule has 0 saturated carbocycles. The molecule has 0 N–H and O–H groups in total. The van der Waals surface area contributed by atoms with Gasteiger partial charge in [-0.15, -0.1) is 13.2 Å². The van der Waals surface area contributed by atoms with E-state index in [1.165, 1.54) is 33.4 Å². The molecule has 2 saturated heterocycles. The van der Waals surface area contributed by atoms with Gasteiger partial charge in [-0.3, -0.25) is 0 Å². The Bertz CT molecular complexity index is 900. The fourth-order valence-corrected chi connectivity index (χ4v) is 4.17. The summed E-state index contributed by atoms with van der Waals surface area (Å²) in [6.07, 6.45) is 6.14. The molecular weight excluding hydrogens is 336 g/mol. The van der Waals surface area contributed by atoms with E-state index in [1.54, 1.807) is 0 Å². The number of rotatable bonds is 4. The van der Waals surface area contributed by atoms with Crippen LogP contribution in [0.4, 0.5) is 0 Å². The summed E-state index contributed by atoms with van der Waals surface area (Å²) in [5.41, 5.74) is 7.52. The summed E-state index contributed by atoms with van der Waals surface area (Å²) < 4.78 is 17.7. The number of benzene rings is 2. The van der Waals surface area contributed by atoms with E-state index in [1.807, 2.05) is 12.2 Å². The monoisotopic (exact) mass is 360 g/mol. The molecule has 4 atom stereocenters. The minimum Gasteiger partial charge on any atom is -0.376 e. The van der Waals surface area contributed by atoms with Crippen LogP contribution in [0, 0.1) is 0 Å². The van der Waals surface area contributed by atoms with Crippen LogP contribution in [0.2, 0.25) is 0 Å². The highest BCUT2D eigenvalue weighted by Gasteiger charge is 2.45. The molecule has 2 bridgehead atoms. The second kappa shape index (κ2) is 6.75. The van der Waals surface area contributed by atoms with Gasteiger partial charge in [0.1, 0.15) is 24.4 Å². The smallest absolute Gasteiger partial charge is 0.112 e. The summed E-state index contributed by atoms with van der Waals surface area (Å²) in [5, 5.41) is 0. The molecule has 4 heterocycles. The third-order valence-corrected chi connectivity index (χ3v) is 5.66. The van der Waals surface area contributed by atoms with Crippen molar-refractivity contribution in [3.05, 3.63) is 84.0 Å². The number of hydrogen-bond acceptors (Lipinski definition) is 3. The van der Waals surface area contributed by atoms with Gasteiger partial charge in [0.25, 0.3) is 0 Å². The molecule has 3 nitrogen and oxygen atoms in total. The zero-order valence-corrected chi connectivity index (χ0v) is 15.4. The molecule has 6 rings (SSSR count). The van der Waals surface area contributed by atoms with Crippen molar-refractivity contribution in [2.75, 3.05) is 13.2 Å². The maximum absolute atomic E-state index is 5.95. The maximum atomic E-state index is 5.95. The Morgan fingerprint density at radius 2 is 1.56 bits per heavy atom. The summed E-state index contributed by atoms with van der Waals surface area (Å²) in [6, 6.07) is 13.4. The van der Waals surface area contributed by atoms with Crippen LogP contribution in [0.25, 0.3) is 11.1 Å². The van der Waals surface area contributed by atoms with Gasteiger partial charge in [0.05, 0.1) is 13.2 Å². The first-order valence-corrected chi connectivity index (χ1v) is 9.65. The van der Waals surface area contributed by atoms with Gasteiger partial charge in [-0.1, -0.05) is 48.6 Å². The third-order valence-electron chi connectivity index (χ3n) is 5.66. The molecule has 0 amide bonds. The minimum atomic E-state index is 0.108. The van der Waals surface area contributed by atoms with Crippen molar-refractivity contribution in [2.24, 2.45) is 0 Å². The van der Waals surface area contributed by atoms with Gasteiger partial charge in [0.15, 0.2) is 0 Å². The van der Waals surface area contributed by atoms with Crippen molar-refractivity contribution in [1.82, 2.24) is 0 Å². The van der Waals surface area contributed by atoms with Crippen LogP contribution in [0.15, 0.2) is 61.7 Å². The predicted molar refractivity (Wildman–Crippen MR) is 106 cm³/mol. The molecule has 27 heavy (non-hydrogen) atoms. The molecular formula is C24H24O3.